The van der Waals surface area contributed by atoms with Crippen molar-refractivity contribution in [3.63, 3.8) is 0 Å². The Hall–Kier alpha value is -1.61. The molecule has 0 unspecified atom stereocenters. The average Bonchev–Trinajstić information content (AvgIpc) is 2.45. The highest BCUT2D eigenvalue weighted by atomic mass is 32.2. The van der Waals surface area contributed by atoms with E-state index < -0.39 is 0 Å². The minimum absolute atomic E-state index is 0.748. The second kappa shape index (κ2) is 7.85. The Morgan fingerprint density at radius 1 is 1.05 bits per heavy atom. The zero-order valence-electron chi connectivity index (χ0n) is 11.8. The minimum Gasteiger partial charge on any atom is -0.494 e. The van der Waals surface area contributed by atoms with E-state index >= 15 is 0 Å². The van der Waals surface area contributed by atoms with Gasteiger partial charge in [0, 0.05) is 16.6 Å². The van der Waals surface area contributed by atoms with E-state index in [0.717, 1.165) is 36.6 Å². The summed E-state index contributed by atoms with van der Waals surface area (Å²) < 4.78 is 5.67. The number of hydrogen-bond donors (Lipinski definition) is 1. The van der Waals surface area contributed by atoms with Gasteiger partial charge in [-0.15, -0.1) is 11.8 Å². The number of anilines is 1. The molecule has 2 nitrogen and oxygen atoms in total. The molecule has 0 radical (unpaired) electrons. The fourth-order valence-corrected chi connectivity index (χ4v) is 2.74. The summed E-state index contributed by atoms with van der Waals surface area (Å²) in [6.07, 6.45) is 2.22. The molecule has 0 saturated carbocycles. The van der Waals surface area contributed by atoms with E-state index in [4.69, 9.17) is 10.5 Å². The minimum atomic E-state index is 0.748. The molecule has 0 bridgehead atoms. The van der Waals surface area contributed by atoms with Crippen LogP contribution in [0.25, 0.3) is 0 Å². The maximum Gasteiger partial charge on any atom is 0.121 e. The van der Waals surface area contributed by atoms with Gasteiger partial charge < -0.3 is 10.5 Å². The number of aryl methyl sites for hydroxylation is 1. The fraction of sp³-hybridized carbons (Fsp3) is 0.294. The lowest BCUT2D eigenvalue weighted by Gasteiger charge is -2.06. The molecular weight excluding hydrogens is 266 g/mol. The number of rotatable bonds is 7. The first-order chi connectivity index (χ1) is 9.74. The Morgan fingerprint density at radius 2 is 1.85 bits per heavy atom. The second-order valence-corrected chi connectivity index (χ2v) is 5.96. The number of thioether (sulfide) groups is 1. The van der Waals surface area contributed by atoms with Crippen molar-refractivity contribution in [2.24, 2.45) is 0 Å². The Balaban J connectivity index is 1.59. The summed E-state index contributed by atoms with van der Waals surface area (Å²) in [5.74, 6) is 1.99. The highest BCUT2D eigenvalue weighted by molar-refractivity contribution is 7.99. The Bertz CT molecular complexity index is 525. The quantitative estimate of drug-likeness (QED) is 0.461. The molecule has 0 fully saturated rings. The molecule has 3 heteroatoms. The molecule has 0 heterocycles. The van der Waals surface area contributed by atoms with Crippen LogP contribution in [0.2, 0.25) is 0 Å². The number of unbranched alkanes of at least 4 members (excludes halogenated alkanes) is 1. The summed E-state index contributed by atoms with van der Waals surface area (Å²) in [4.78, 5) is 1.34. The normalized spacial score (nSPS) is 10.4. The Kier molecular flexibility index (Phi) is 5.81. The molecule has 0 saturated heterocycles. The standard InChI is InChI=1S/C17H21NOS/c1-14-7-9-17(10-8-14)20-12-3-2-11-19-16-6-4-5-15(18)13-16/h4-10,13H,2-3,11-12,18H2,1H3. The molecule has 2 aromatic carbocycles. The zero-order chi connectivity index (χ0) is 14.2. The molecule has 0 spiro atoms. The van der Waals surface area contributed by atoms with Gasteiger partial charge in [0.05, 0.1) is 6.61 Å². The van der Waals surface area contributed by atoms with E-state index in [0.29, 0.717) is 0 Å². The van der Waals surface area contributed by atoms with Gasteiger partial charge in [-0.05, 0) is 49.8 Å². The highest BCUT2D eigenvalue weighted by Crippen LogP contribution is 2.20. The van der Waals surface area contributed by atoms with Crippen LogP contribution in [0.15, 0.2) is 53.4 Å². The maximum atomic E-state index is 5.70. The maximum absolute atomic E-state index is 5.70. The van der Waals surface area contributed by atoms with Crippen LogP contribution in [0, 0.1) is 6.92 Å². The molecule has 0 amide bonds. The molecule has 0 atom stereocenters. The first-order valence-electron chi connectivity index (χ1n) is 6.92. The van der Waals surface area contributed by atoms with Gasteiger partial charge in [-0.2, -0.15) is 0 Å². The predicted molar refractivity (Wildman–Crippen MR) is 87.5 cm³/mol. The predicted octanol–water partition coefficient (Wildman–Crippen LogP) is 4.53. The van der Waals surface area contributed by atoms with Crippen LogP contribution >= 0.6 is 11.8 Å². The van der Waals surface area contributed by atoms with E-state index in [1.807, 2.05) is 36.0 Å². The van der Waals surface area contributed by atoms with Gasteiger partial charge in [-0.3, -0.25) is 0 Å². The van der Waals surface area contributed by atoms with E-state index in [1.54, 1.807) is 0 Å². The van der Waals surface area contributed by atoms with Gasteiger partial charge in [0.2, 0.25) is 0 Å². The Labute approximate surface area is 125 Å². The molecule has 2 N–H and O–H groups in total. The molecule has 0 aliphatic rings. The topological polar surface area (TPSA) is 35.2 Å². The lowest BCUT2D eigenvalue weighted by molar-refractivity contribution is 0.310. The van der Waals surface area contributed by atoms with Gasteiger partial charge in [-0.1, -0.05) is 23.8 Å². The third-order valence-electron chi connectivity index (χ3n) is 2.96. The number of nitrogens with two attached hydrogens (primary N) is 1. The summed E-state index contributed by atoms with van der Waals surface area (Å²) in [5.41, 5.74) is 7.76. The van der Waals surface area contributed by atoms with Crippen LogP contribution in [0.3, 0.4) is 0 Å². The van der Waals surface area contributed by atoms with Crippen LogP contribution < -0.4 is 10.5 Å². The summed E-state index contributed by atoms with van der Waals surface area (Å²) in [7, 11) is 0. The monoisotopic (exact) mass is 287 g/mol. The van der Waals surface area contributed by atoms with Crippen LogP contribution in [-0.4, -0.2) is 12.4 Å². The fourth-order valence-electron chi connectivity index (χ4n) is 1.82. The number of nitrogen functional groups attached to an aromatic ring is 1. The first-order valence-corrected chi connectivity index (χ1v) is 7.90. The van der Waals surface area contributed by atoms with Crippen molar-refractivity contribution in [3.05, 3.63) is 54.1 Å². The smallest absolute Gasteiger partial charge is 0.121 e. The van der Waals surface area contributed by atoms with Crippen molar-refractivity contribution in [3.8, 4) is 5.75 Å². The van der Waals surface area contributed by atoms with Crippen molar-refractivity contribution in [1.29, 1.82) is 0 Å². The van der Waals surface area contributed by atoms with E-state index in [2.05, 4.69) is 31.2 Å². The zero-order valence-corrected chi connectivity index (χ0v) is 12.7. The van der Waals surface area contributed by atoms with Gasteiger partial charge in [0.25, 0.3) is 0 Å². The largest absolute Gasteiger partial charge is 0.494 e. The lowest BCUT2D eigenvalue weighted by atomic mass is 10.2. The molecule has 2 rings (SSSR count). The summed E-state index contributed by atoms with van der Waals surface area (Å²) >= 11 is 1.90. The highest BCUT2D eigenvalue weighted by Gasteiger charge is 1.96. The van der Waals surface area contributed by atoms with Crippen LogP contribution in [0.4, 0.5) is 5.69 Å². The molecular formula is C17H21NOS. The second-order valence-electron chi connectivity index (χ2n) is 4.79. The SMILES string of the molecule is Cc1ccc(SCCCCOc2cccc(N)c2)cc1. The Morgan fingerprint density at radius 3 is 2.60 bits per heavy atom. The van der Waals surface area contributed by atoms with E-state index in [-0.39, 0.29) is 0 Å². The van der Waals surface area contributed by atoms with Crippen molar-refractivity contribution >= 4 is 17.4 Å². The molecule has 2 aromatic rings. The molecule has 20 heavy (non-hydrogen) atoms. The van der Waals surface area contributed by atoms with Crippen molar-refractivity contribution in [2.45, 2.75) is 24.7 Å². The van der Waals surface area contributed by atoms with Gasteiger partial charge >= 0.3 is 0 Å². The van der Waals surface area contributed by atoms with Gasteiger partial charge in [0.15, 0.2) is 0 Å². The van der Waals surface area contributed by atoms with Crippen molar-refractivity contribution < 1.29 is 4.74 Å². The van der Waals surface area contributed by atoms with Crippen LogP contribution in [0.5, 0.6) is 5.75 Å². The summed E-state index contributed by atoms with van der Waals surface area (Å²) in [5, 5.41) is 0. The van der Waals surface area contributed by atoms with Crippen LogP contribution in [0.1, 0.15) is 18.4 Å². The lowest BCUT2D eigenvalue weighted by Crippen LogP contribution is -1.98. The van der Waals surface area contributed by atoms with E-state index in [9.17, 15) is 0 Å². The molecule has 0 aliphatic heterocycles. The summed E-state index contributed by atoms with van der Waals surface area (Å²) in [6.45, 7) is 2.86. The number of ether oxygens (including phenoxy) is 1. The third-order valence-corrected chi connectivity index (χ3v) is 4.05. The van der Waals surface area contributed by atoms with E-state index in [1.165, 1.54) is 10.5 Å². The summed E-state index contributed by atoms with van der Waals surface area (Å²) in [6, 6.07) is 16.3. The number of hydrogen-bond acceptors (Lipinski definition) is 3. The van der Waals surface area contributed by atoms with Gasteiger partial charge in [-0.25, -0.2) is 0 Å². The molecule has 0 aromatic heterocycles. The molecule has 106 valence electrons. The van der Waals surface area contributed by atoms with Gasteiger partial charge in [0.1, 0.15) is 5.75 Å². The average molecular weight is 287 g/mol. The third kappa shape index (κ3) is 5.17. The first kappa shape index (κ1) is 14.8. The number of benzene rings is 2. The van der Waals surface area contributed by atoms with Crippen LogP contribution in [-0.2, 0) is 0 Å². The van der Waals surface area contributed by atoms with Crippen molar-refractivity contribution in [2.75, 3.05) is 18.1 Å². The molecule has 0 aliphatic carbocycles. The van der Waals surface area contributed by atoms with Crippen molar-refractivity contribution in [1.82, 2.24) is 0 Å².